The molecule has 3 atom stereocenters. The Hall–Kier alpha value is -0.410. The molecule has 0 aromatic rings. The number of ether oxygens (including phenoxy) is 2. The van der Waals surface area contributed by atoms with Gasteiger partial charge in [0, 0.05) is 19.1 Å². The van der Waals surface area contributed by atoms with Gasteiger partial charge < -0.3 is 9.47 Å². The minimum absolute atomic E-state index is 0.0265. The fourth-order valence-electron chi connectivity index (χ4n) is 4.11. The molecule has 2 aliphatic heterocycles. The van der Waals surface area contributed by atoms with Crippen molar-refractivity contribution in [1.82, 2.24) is 0 Å². The van der Waals surface area contributed by atoms with Crippen LogP contribution in [0.25, 0.3) is 0 Å². The van der Waals surface area contributed by atoms with Gasteiger partial charge in [0.05, 0.1) is 5.60 Å². The zero-order chi connectivity index (χ0) is 13.3. The van der Waals surface area contributed by atoms with E-state index >= 15 is 0 Å². The first kappa shape index (κ1) is 13.6. The Morgan fingerprint density at radius 2 is 1.89 bits per heavy atom. The summed E-state index contributed by atoms with van der Waals surface area (Å²) in [6.45, 7) is 3.66. The van der Waals surface area contributed by atoms with Crippen LogP contribution in [0.5, 0.6) is 0 Å². The third-order valence-corrected chi connectivity index (χ3v) is 5.33. The van der Waals surface area contributed by atoms with Crippen LogP contribution in [0.15, 0.2) is 0 Å². The molecule has 3 nitrogen and oxygen atoms in total. The van der Waals surface area contributed by atoms with Crippen LogP contribution in [-0.4, -0.2) is 30.7 Å². The second-order valence-corrected chi connectivity index (χ2v) is 6.74. The van der Waals surface area contributed by atoms with E-state index in [0.29, 0.717) is 11.7 Å². The second kappa shape index (κ2) is 5.53. The summed E-state index contributed by atoms with van der Waals surface area (Å²) in [5.41, 5.74) is 0.0265. The van der Waals surface area contributed by atoms with Gasteiger partial charge in [0.25, 0.3) is 0 Å². The quantitative estimate of drug-likeness (QED) is 0.770. The highest BCUT2D eigenvalue weighted by Crippen LogP contribution is 2.42. The summed E-state index contributed by atoms with van der Waals surface area (Å²) in [4.78, 5) is 12.7. The Morgan fingerprint density at radius 3 is 2.58 bits per heavy atom. The Balaban J connectivity index is 1.65. The Labute approximate surface area is 116 Å². The Bertz CT molecular complexity index is 327. The zero-order valence-corrected chi connectivity index (χ0v) is 12.0. The van der Waals surface area contributed by atoms with Crippen molar-refractivity contribution in [2.75, 3.05) is 13.2 Å². The van der Waals surface area contributed by atoms with Gasteiger partial charge in [-0.3, -0.25) is 4.79 Å². The van der Waals surface area contributed by atoms with E-state index in [4.69, 9.17) is 9.47 Å². The number of hydrogen-bond donors (Lipinski definition) is 0. The SMILES string of the molecule is CC1CCOC1C(=O)C1CCOC2(CCCCC2)C1. The summed E-state index contributed by atoms with van der Waals surface area (Å²) in [5.74, 6) is 0.938. The van der Waals surface area contributed by atoms with E-state index in [0.717, 1.165) is 45.3 Å². The van der Waals surface area contributed by atoms with Crippen molar-refractivity contribution < 1.29 is 14.3 Å². The third-order valence-electron chi connectivity index (χ3n) is 5.33. The zero-order valence-electron chi connectivity index (χ0n) is 12.0. The van der Waals surface area contributed by atoms with Gasteiger partial charge in [0.15, 0.2) is 5.78 Å². The molecular formula is C16H26O3. The minimum Gasteiger partial charge on any atom is -0.375 e. The summed E-state index contributed by atoms with van der Waals surface area (Å²) >= 11 is 0. The summed E-state index contributed by atoms with van der Waals surface area (Å²) < 4.78 is 11.7. The molecule has 0 amide bonds. The van der Waals surface area contributed by atoms with E-state index in [2.05, 4.69) is 6.92 Å². The summed E-state index contributed by atoms with van der Waals surface area (Å²) in [6, 6.07) is 0. The van der Waals surface area contributed by atoms with Gasteiger partial charge in [-0.15, -0.1) is 0 Å². The van der Waals surface area contributed by atoms with Gasteiger partial charge in [-0.25, -0.2) is 0 Å². The topological polar surface area (TPSA) is 35.5 Å². The lowest BCUT2D eigenvalue weighted by Crippen LogP contribution is -2.45. The van der Waals surface area contributed by atoms with Gasteiger partial charge in [0.2, 0.25) is 0 Å². The van der Waals surface area contributed by atoms with E-state index in [1.807, 2.05) is 0 Å². The molecule has 3 heteroatoms. The van der Waals surface area contributed by atoms with Gasteiger partial charge in [-0.05, 0) is 38.0 Å². The van der Waals surface area contributed by atoms with Crippen molar-refractivity contribution in [3.8, 4) is 0 Å². The van der Waals surface area contributed by atoms with Gasteiger partial charge in [-0.1, -0.05) is 26.2 Å². The van der Waals surface area contributed by atoms with Crippen molar-refractivity contribution in [2.24, 2.45) is 11.8 Å². The molecule has 0 radical (unpaired) electrons. The molecule has 0 aromatic carbocycles. The highest BCUT2D eigenvalue weighted by atomic mass is 16.5. The largest absolute Gasteiger partial charge is 0.375 e. The molecular weight excluding hydrogens is 240 g/mol. The fourth-order valence-corrected chi connectivity index (χ4v) is 4.11. The number of ketones is 1. The van der Waals surface area contributed by atoms with E-state index < -0.39 is 0 Å². The normalized spacial score (nSPS) is 38.5. The van der Waals surface area contributed by atoms with Crippen LogP contribution < -0.4 is 0 Å². The van der Waals surface area contributed by atoms with Crippen LogP contribution in [0, 0.1) is 11.8 Å². The molecule has 1 saturated carbocycles. The monoisotopic (exact) mass is 266 g/mol. The number of Topliss-reactive ketones (excluding diaryl/α,β-unsaturated/α-hetero) is 1. The average molecular weight is 266 g/mol. The molecule has 3 aliphatic rings. The first-order valence-electron chi connectivity index (χ1n) is 7.99. The Kier molecular flexibility index (Phi) is 3.95. The van der Waals surface area contributed by atoms with E-state index in [1.165, 1.54) is 19.3 Å². The van der Waals surface area contributed by atoms with Crippen LogP contribution in [-0.2, 0) is 14.3 Å². The molecule has 1 aliphatic carbocycles. The maximum absolute atomic E-state index is 12.7. The van der Waals surface area contributed by atoms with Crippen LogP contribution in [0.2, 0.25) is 0 Å². The number of carbonyl (C=O) groups excluding carboxylic acids is 1. The van der Waals surface area contributed by atoms with Crippen molar-refractivity contribution in [3.05, 3.63) is 0 Å². The highest BCUT2D eigenvalue weighted by molar-refractivity contribution is 5.86. The minimum atomic E-state index is -0.135. The summed E-state index contributed by atoms with van der Waals surface area (Å²) in [6.07, 6.45) is 8.89. The molecule has 0 N–H and O–H groups in total. The van der Waals surface area contributed by atoms with Crippen LogP contribution in [0.1, 0.15) is 58.3 Å². The predicted octanol–water partition coefficient (Wildman–Crippen LogP) is 3.11. The number of hydrogen-bond acceptors (Lipinski definition) is 3. The standard InChI is InChI=1S/C16H26O3/c1-12-5-9-18-15(12)14(17)13-6-10-19-16(11-13)7-3-2-4-8-16/h12-13,15H,2-11H2,1H3. The van der Waals surface area contributed by atoms with E-state index in [1.54, 1.807) is 0 Å². The van der Waals surface area contributed by atoms with Crippen LogP contribution in [0.3, 0.4) is 0 Å². The maximum Gasteiger partial charge on any atom is 0.165 e. The predicted molar refractivity (Wildman–Crippen MR) is 73.0 cm³/mol. The molecule has 19 heavy (non-hydrogen) atoms. The van der Waals surface area contributed by atoms with Gasteiger partial charge in [-0.2, -0.15) is 0 Å². The van der Waals surface area contributed by atoms with Crippen molar-refractivity contribution in [2.45, 2.75) is 70.0 Å². The lowest BCUT2D eigenvalue weighted by atomic mass is 9.74. The maximum atomic E-state index is 12.7. The number of carbonyl (C=O) groups is 1. The van der Waals surface area contributed by atoms with Crippen molar-refractivity contribution in [1.29, 1.82) is 0 Å². The van der Waals surface area contributed by atoms with E-state index in [-0.39, 0.29) is 17.6 Å². The summed E-state index contributed by atoms with van der Waals surface area (Å²) in [5, 5.41) is 0. The average Bonchev–Trinajstić information content (AvgIpc) is 2.85. The number of rotatable bonds is 2. The van der Waals surface area contributed by atoms with Crippen LogP contribution >= 0.6 is 0 Å². The molecule has 0 aromatic heterocycles. The molecule has 1 spiro atoms. The Morgan fingerprint density at radius 1 is 1.11 bits per heavy atom. The molecule has 3 rings (SSSR count). The van der Waals surface area contributed by atoms with Gasteiger partial charge in [0.1, 0.15) is 6.10 Å². The van der Waals surface area contributed by atoms with Crippen molar-refractivity contribution >= 4 is 5.78 Å². The molecule has 108 valence electrons. The van der Waals surface area contributed by atoms with Crippen LogP contribution in [0.4, 0.5) is 0 Å². The molecule has 3 fully saturated rings. The lowest BCUT2D eigenvalue weighted by molar-refractivity contribution is -0.151. The third kappa shape index (κ3) is 2.73. The van der Waals surface area contributed by atoms with E-state index in [9.17, 15) is 4.79 Å². The molecule has 0 bridgehead atoms. The van der Waals surface area contributed by atoms with Gasteiger partial charge >= 0.3 is 0 Å². The first-order chi connectivity index (χ1) is 9.20. The smallest absolute Gasteiger partial charge is 0.165 e. The summed E-state index contributed by atoms with van der Waals surface area (Å²) in [7, 11) is 0. The molecule has 2 heterocycles. The van der Waals surface area contributed by atoms with Crippen molar-refractivity contribution in [3.63, 3.8) is 0 Å². The second-order valence-electron chi connectivity index (χ2n) is 6.74. The lowest BCUT2D eigenvalue weighted by Gasteiger charge is -2.43. The molecule has 3 unspecified atom stereocenters. The molecule has 2 saturated heterocycles. The fraction of sp³-hybridized carbons (Fsp3) is 0.938. The first-order valence-corrected chi connectivity index (χ1v) is 7.99. The highest BCUT2D eigenvalue weighted by Gasteiger charge is 2.43.